The van der Waals surface area contributed by atoms with Crippen molar-refractivity contribution in [3.8, 4) is 5.75 Å². The number of carbonyl (C=O) groups excluding carboxylic acids is 3. The number of ether oxygens (including phenoxy) is 3. The van der Waals surface area contributed by atoms with Crippen LogP contribution in [-0.4, -0.2) is 53.7 Å². The lowest BCUT2D eigenvalue weighted by atomic mass is 9.95. The van der Waals surface area contributed by atoms with Crippen molar-refractivity contribution in [1.29, 1.82) is 0 Å². The van der Waals surface area contributed by atoms with Gasteiger partial charge in [0.2, 0.25) is 5.91 Å². The van der Waals surface area contributed by atoms with Gasteiger partial charge in [-0.25, -0.2) is 4.79 Å². The lowest BCUT2D eigenvalue weighted by Crippen LogP contribution is -2.45. The molecular weight excluding hydrogens is 577 g/mol. The lowest BCUT2D eigenvalue weighted by molar-refractivity contribution is -0.155. The van der Waals surface area contributed by atoms with E-state index in [9.17, 15) is 27.6 Å². The third kappa shape index (κ3) is 9.89. The van der Waals surface area contributed by atoms with Crippen LogP contribution < -0.4 is 9.64 Å². The zero-order valence-corrected chi connectivity index (χ0v) is 26.8. The zero-order valence-electron chi connectivity index (χ0n) is 26.8. The highest BCUT2D eigenvalue weighted by Crippen LogP contribution is 2.36. The van der Waals surface area contributed by atoms with Crippen LogP contribution in [0.2, 0.25) is 0 Å². The van der Waals surface area contributed by atoms with Crippen LogP contribution >= 0.6 is 0 Å². The maximum atomic E-state index is 13.6. The van der Waals surface area contributed by atoms with E-state index in [4.69, 9.17) is 14.2 Å². The van der Waals surface area contributed by atoms with Gasteiger partial charge in [0.25, 0.3) is 0 Å². The average Bonchev–Trinajstić information content (AvgIpc) is 3.30. The smallest absolute Gasteiger partial charge is 0.416 e. The highest BCUT2D eigenvalue weighted by atomic mass is 19.4. The molecule has 44 heavy (non-hydrogen) atoms. The van der Waals surface area contributed by atoms with Gasteiger partial charge in [0, 0.05) is 18.8 Å². The van der Waals surface area contributed by atoms with Crippen molar-refractivity contribution < 1.29 is 41.8 Å². The summed E-state index contributed by atoms with van der Waals surface area (Å²) in [5.41, 5.74) is -0.0324. The summed E-state index contributed by atoms with van der Waals surface area (Å²) in [5.74, 6) is -0.655. The van der Waals surface area contributed by atoms with Gasteiger partial charge in [-0.3, -0.25) is 14.5 Å². The van der Waals surface area contributed by atoms with E-state index in [2.05, 4.69) is 0 Å². The number of esters is 1. The number of benzene rings is 2. The Morgan fingerprint density at radius 1 is 0.932 bits per heavy atom. The van der Waals surface area contributed by atoms with E-state index in [1.807, 2.05) is 0 Å². The Bertz CT molecular complexity index is 1360. The minimum atomic E-state index is -4.46. The molecule has 1 heterocycles. The average molecular weight is 621 g/mol. The molecule has 3 rings (SSSR count). The molecular formula is C33H43F3N2O6. The van der Waals surface area contributed by atoms with Gasteiger partial charge in [0.15, 0.2) is 0 Å². The number of rotatable bonds is 9. The summed E-state index contributed by atoms with van der Waals surface area (Å²) in [6.07, 6.45) is -4.75. The number of anilines is 1. The molecule has 1 aliphatic rings. The number of fused-ring (bicyclic) bond motifs is 1. The van der Waals surface area contributed by atoms with Gasteiger partial charge in [-0.15, -0.1) is 0 Å². The number of carbonyl (C=O) groups is 3. The Balaban J connectivity index is 1.70. The van der Waals surface area contributed by atoms with E-state index in [1.165, 1.54) is 11.0 Å². The molecule has 0 N–H and O–H groups in total. The van der Waals surface area contributed by atoms with Gasteiger partial charge in [-0.05, 0) is 94.8 Å². The summed E-state index contributed by atoms with van der Waals surface area (Å²) in [5, 5.41) is 0. The molecule has 1 aliphatic heterocycles. The molecule has 0 saturated heterocycles. The van der Waals surface area contributed by atoms with Gasteiger partial charge in [0.05, 0.1) is 12.0 Å². The number of nitrogens with zero attached hydrogens (tertiary/aromatic N) is 2. The van der Waals surface area contributed by atoms with Crippen molar-refractivity contribution in [2.45, 2.75) is 98.1 Å². The molecule has 0 bridgehead atoms. The van der Waals surface area contributed by atoms with Crippen molar-refractivity contribution in [2.24, 2.45) is 0 Å². The number of hydrogen-bond donors (Lipinski definition) is 0. The normalized spacial score (nSPS) is 13.5. The molecule has 0 spiro atoms. The minimum absolute atomic E-state index is 0.0502. The van der Waals surface area contributed by atoms with Crippen LogP contribution in [0, 0.1) is 0 Å². The number of halogens is 3. The summed E-state index contributed by atoms with van der Waals surface area (Å²) in [7, 11) is 0. The first-order valence-corrected chi connectivity index (χ1v) is 14.7. The van der Waals surface area contributed by atoms with Crippen LogP contribution in [0.4, 0.5) is 23.7 Å². The van der Waals surface area contributed by atoms with E-state index in [-0.39, 0.29) is 43.5 Å². The van der Waals surface area contributed by atoms with Crippen molar-refractivity contribution in [3.63, 3.8) is 0 Å². The van der Waals surface area contributed by atoms with Crippen molar-refractivity contribution >= 4 is 23.7 Å². The Hall–Kier alpha value is -3.76. The van der Waals surface area contributed by atoms with Crippen LogP contribution in [0.5, 0.6) is 5.75 Å². The third-order valence-electron chi connectivity index (χ3n) is 6.68. The Morgan fingerprint density at radius 2 is 1.59 bits per heavy atom. The van der Waals surface area contributed by atoms with E-state index in [0.29, 0.717) is 30.0 Å². The fourth-order valence-electron chi connectivity index (χ4n) is 4.76. The molecule has 0 aliphatic carbocycles. The number of amides is 2. The maximum Gasteiger partial charge on any atom is 0.416 e. The summed E-state index contributed by atoms with van der Waals surface area (Å²) in [6.45, 7) is 13.8. The molecule has 242 valence electrons. The molecule has 2 aromatic carbocycles. The monoisotopic (exact) mass is 620 g/mol. The van der Waals surface area contributed by atoms with Gasteiger partial charge < -0.3 is 19.1 Å². The Morgan fingerprint density at radius 3 is 2.18 bits per heavy atom. The molecule has 0 fully saturated rings. The molecule has 0 radical (unpaired) electrons. The molecule has 0 aromatic heterocycles. The molecule has 2 amide bonds. The van der Waals surface area contributed by atoms with Crippen molar-refractivity contribution in [1.82, 2.24) is 4.90 Å². The van der Waals surface area contributed by atoms with Gasteiger partial charge in [-0.1, -0.05) is 26.0 Å². The minimum Gasteiger partial charge on any atom is -0.489 e. The zero-order chi connectivity index (χ0) is 33.0. The molecule has 11 heteroatoms. The summed E-state index contributed by atoms with van der Waals surface area (Å²) >= 11 is 0. The second-order valence-corrected chi connectivity index (χ2v) is 13.2. The van der Waals surface area contributed by atoms with Gasteiger partial charge in [0.1, 0.15) is 30.1 Å². The molecule has 8 nitrogen and oxygen atoms in total. The van der Waals surface area contributed by atoms with Crippen LogP contribution in [-0.2, 0) is 38.3 Å². The fourth-order valence-corrected chi connectivity index (χ4v) is 4.76. The van der Waals surface area contributed by atoms with E-state index >= 15 is 0 Å². The van der Waals surface area contributed by atoms with Crippen LogP contribution in [0.1, 0.15) is 90.0 Å². The van der Waals surface area contributed by atoms with Crippen LogP contribution in [0.15, 0.2) is 36.4 Å². The SMILES string of the molecule is CC(C)c1ccc(COc2ccc3c(c2)CCN3C(=O)CN(CCC(=O)OC(C)(C)C)C(=O)OC(C)(C)C)cc1C(F)(F)F. The predicted molar refractivity (Wildman–Crippen MR) is 161 cm³/mol. The highest BCUT2D eigenvalue weighted by Gasteiger charge is 2.34. The predicted octanol–water partition coefficient (Wildman–Crippen LogP) is 7.27. The molecule has 0 atom stereocenters. The van der Waals surface area contributed by atoms with Crippen molar-refractivity contribution in [3.05, 3.63) is 58.7 Å². The Labute approximate surface area is 257 Å². The molecule has 2 aromatic rings. The number of alkyl halides is 3. The summed E-state index contributed by atoms with van der Waals surface area (Å²) in [4.78, 5) is 41.4. The standard InChI is InChI=1S/C33H43F3N2O6/c1-21(2)25-11-9-22(17-26(25)33(34,35)36)20-42-24-10-12-27-23(18-24)13-16-38(27)28(39)19-37(30(41)44-32(6,7)8)15-14-29(40)43-31(3,4)5/h9-12,17-18,21H,13-16,19-20H2,1-8H3. The number of hydrogen-bond acceptors (Lipinski definition) is 6. The topological polar surface area (TPSA) is 85.4 Å². The quantitative estimate of drug-likeness (QED) is 0.274. The lowest BCUT2D eigenvalue weighted by Gasteiger charge is -2.29. The first kappa shape index (κ1) is 34.7. The first-order valence-electron chi connectivity index (χ1n) is 14.7. The van der Waals surface area contributed by atoms with E-state index in [1.54, 1.807) is 84.6 Å². The van der Waals surface area contributed by atoms with E-state index < -0.39 is 35.0 Å². The van der Waals surface area contributed by atoms with Crippen LogP contribution in [0.3, 0.4) is 0 Å². The second kappa shape index (κ2) is 13.5. The summed E-state index contributed by atoms with van der Waals surface area (Å²) < 4.78 is 57.5. The van der Waals surface area contributed by atoms with Gasteiger partial charge in [-0.2, -0.15) is 13.2 Å². The van der Waals surface area contributed by atoms with Crippen molar-refractivity contribution in [2.75, 3.05) is 24.5 Å². The fraction of sp³-hybridized carbons (Fsp3) is 0.545. The molecule has 0 saturated carbocycles. The first-order chi connectivity index (χ1) is 20.2. The Kier molecular flexibility index (Phi) is 10.6. The van der Waals surface area contributed by atoms with E-state index in [0.717, 1.165) is 11.6 Å². The largest absolute Gasteiger partial charge is 0.489 e. The highest BCUT2D eigenvalue weighted by molar-refractivity contribution is 5.98. The van der Waals surface area contributed by atoms with Gasteiger partial charge >= 0.3 is 18.2 Å². The maximum absolute atomic E-state index is 13.6. The second-order valence-electron chi connectivity index (χ2n) is 13.2. The molecule has 0 unspecified atom stereocenters. The van der Waals surface area contributed by atoms with Crippen LogP contribution in [0.25, 0.3) is 0 Å². The summed E-state index contributed by atoms with van der Waals surface area (Å²) in [6, 6.07) is 9.40. The third-order valence-corrected chi connectivity index (χ3v) is 6.68.